The van der Waals surface area contributed by atoms with Gasteiger partial charge in [0.15, 0.2) is 0 Å². The Bertz CT molecular complexity index is 671. The summed E-state index contributed by atoms with van der Waals surface area (Å²) in [5.74, 6) is -2.10. The molecule has 1 aromatic carbocycles. The van der Waals surface area contributed by atoms with Crippen molar-refractivity contribution in [2.24, 2.45) is 5.73 Å². The van der Waals surface area contributed by atoms with Crippen molar-refractivity contribution in [1.29, 1.82) is 0 Å². The molecule has 0 spiro atoms. The molecule has 154 valence electrons. The van der Waals surface area contributed by atoms with Crippen molar-refractivity contribution in [1.82, 2.24) is 16.0 Å². The van der Waals surface area contributed by atoms with Crippen molar-refractivity contribution >= 4 is 35.5 Å². The lowest BCUT2D eigenvalue weighted by Crippen LogP contribution is -2.52. The molecule has 2 atom stereocenters. The highest BCUT2D eigenvalue weighted by Crippen LogP contribution is 2.04. The number of thioether (sulfide) groups is 1. The maximum Gasteiger partial charge on any atom is 0.322 e. The Hall–Kier alpha value is -2.59. The van der Waals surface area contributed by atoms with E-state index in [1.54, 1.807) is 36.0 Å². The summed E-state index contributed by atoms with van der Waals surface area (Å²) in [5, 5.41) is 15.9. The summed E-state index contributed by atoms with van der Waals surface area (Å²) in [7, 11) is 0. The van der Waals surface area contributed by atoms with Gasteiger partial charge < -0.3 is 26.8 Å². The van der Waals surface area contributed by atoms with E-state index in [0.717, 1.165) is 11.3 Å². The van der Waals surface area contributed by atoms with E-state index >= 15 is 0 Å². The SMILES string of the molecule is CSCCC(N)C(=O)NCC(=O)NC(Cc1ccccc1)C(=O)NCC(=O)O. The Labute approximate surface area is 167 Å². The second-order valence-corrected chi connectivity index (χ2v) is 7.01. The molecule has 0 aliphatic carbocycles. The van der Waals surface area contributed by atoms with Crippen LogP contribution in [0.1, 0.15) is 12.0 Å². The minimum absolute atomic E-state index is 0.180. The van der Waals surface area contributed by atoms with Crippen molar-refractivity contribution in [3.8, 4) is 0 Å². The number of carbonyl (C=O) groups excluding carboxylic acids is 3. The van der Waals surface area contributed by atoms with E-state index in [2.05, 4.69) is 16.0 Å². The van der Waals surface area contributed by atoms with Gasteiger partial charge in [-0.25, -0.2) is 0 Å². The van der Waals surface area contributed by atoms with Gasteiger partial charge in [-0.05, 0) is 24.0 Å². The van der Waals surface area contributed by atoms with Gasteiger partial charge in [0.05, 0.1) is 12.6 Å². The molecule has 0 fully saturated rings. The molecule has 2 unspecified atom stereocenters. The first-order chi connectivity index (χ1) is 13.3. The van der Waals surface area contributed by atoms with Gasteiger partial charge in [-0.1, -0.05) is 30.3 Å². The summed E-state index contributed by atoms with van der Waals surface area (Å²) < 4.78 is 0. The molecule has 9 nitrogen and oxygen atoms in total. The molecule has 3 amide bonds. The molecule has 28 heavy (non-hydrogen) atoms. The lowest BCUT2D eigenvalue weighted by molar-refractivity contribution is -0.138. The smallest absolute Gasteiger partial charge is 0.322 e. The standard InChI is InChI=1S/C18H26N4O5S/c1-28-8-7-13(19)17(26)20-10-15(23)22-14(18(27)21-11-16(24)25)9-12-5-3-2-4-6-12/h2-6,13-14H,7-11,19H2,1H3,(H,20,26)(H,21,27)(H,22,23)(H,24,25). The summed E-state index contributed by atoms with van der Waals surface area (Å²) in [6, 6.07) is 7.29. The number of hydrogen-bond donors (Lipinski definition) is 5. The van der Waals surface area contributed by atoms with Crippen LogP contribution in [0.5, 0.6) is 0 Å². The van der Waals surface area contributed by atoms with Crippen LogP contribution in [0.15, 0.2) is 30.3 Å². The van der Waals surface area contributed by atoms with Crippen molar-refractivity contribution in [3.63, 3.8) is 0 Å². The number of carbonyl (C=O) groups is 4. The molecule has 10 heteroatoms. The van der Waals surface area contributed by atoms with Gasteiger partial charge >= 0.3 is 5.97 Å². The number of amides is 3. The second kappa shape index (κ2) is 12.7. The highest BCUT2D eigenvalue weighted by molar-refractivity contribution is 7.98. The molecule has 0 bridgehead atoms. The maximum absolute atomic E-state index is 12.3. The number of carboxylic acid groups (broad SMARTS) is 1. The van der Waals surface area contributed by atoms with Gasteiger partial charge in [0, 0.05) is 6.42 Å². The van der Waals surface area contributed by atoms with Gasteiger partial charge in [0.25, 0.3) is 0 Å². The van der Waals surface area contributed by atoms with Crippen LogP contribution in [0, 0.1) is 0 Å². The van der Waals surface area contributed by atoms with Crippen molar-refractivity contribution in [2.45, 2.75) is 24.9 Å². The molecule has 0 radical (unpaired) electrons. The summed E-state index contributed by atoms with van der Waals surface area (Å²) in [5.41, 5.74) is 6.53. The quantitative estimate of drug-likeness (QED) is 0.300. The molecular formula is C18H26N4O5S. The minimum Gasteiger partial charge on any atom is -0.480 e. The van der Waals surface area contributed by atoms with Crippen LogP contribution in [0.4, 0.5) is 0 Å². The normalized spacial score (nSPS) is 12.5. The topological polar surface area (TPSA) is 151 Å². The number of aliphatic carboxylic acids is 1. The molecule has 0 aliphatic rings. The van der Waals surface area contributed by atoms with E-state index in [1.165, 1.54) is 0 Å². The second-order valence-electron chi connectivity index (χ2n) is 6.03. The molecule has 0 heterocycles. The molecule has 0 aliphatic heterocycles. The number of benzene rings is 1. The van der Waals surface area contributed by atoms with E-state index in [-0.39, 0.29) is 13.0 Å². The van der Waals surface area contributed by atoms with Crippen LogP contribution in [0.25, 0.3) is 0 Å². The van der Waals surface area contributed by atoms with Crippen molar-refractivity contribution in [3.05, 3.63) is 35.9 Å². The van der Waals surface area contributed by atoms with Crippen molar-refractivity contribution < 1.29 is 24.3 Å². The average molecular weight is 410 g/mol. The lowest BCUT2D eigenvalue weighted by Gasteiger charge is -2.19. The fraction of sp³-hybridized carbons (Fsp3) is 0.444. The van der Waals surface area contributed by atoms with Gasteiger partial charge in [-0.3, -0.25) is 19.2 Å². The minimum atomic E-state index is -1.19. The fourth-order valence-corrected chi connectivity index (χ4v) is 2.75. The molecule has 0 saturated heterocycles. The Balaban J connectivity index is 2.63. The van der Waals surface area contributed by atoms with Crippen LogP contribution < -0.4 is 21.7 Å². The average Bonchev–Trinajstić information content (AvgIpc) is 2.68. The Morgan fingerprint density at radius 1 is 1.07 bits per heavy atom. The monoisotopic (exact) mass is 410 g/mol. The first-order valence-corrected chi connectivity index (χ1v) is 10.1. The summed E-state index contributed by atoms with van der Waals surface area (Å²) >= 11 is 1.57. The predicted octanol–water partition coefficient (Wildman–Crippen LogP) is -0.889. The van der Waals surface area contributed by atoms with E-state index in [4.69, 9.17) is 10.8 Å². The first kappa shape index (κ1) is 23.4. The highest BCUT2D eigenvalue weighted by atomic mass is 32.2. The van der Waals surface area contributed by atoms with Gasteiger partial charge in [0.2, 0.25) is 17.7 Å². The molecular weight excluding hydrogens is 384 g/mol. The highest BCUT2D eigenvalue weighted by Gasteiger charge is 2.22. The largest absolute Gasteiger partial charge is 0.480 e. The summed E-state index contributed by atoms with van der Waals surface area (Å²) in [4.78, 5) is 46.9. The molecule has 1 rings (SSSR count). The third-order valence-corrected chi connectivity index (χ3v) is 4.39. The zero-order chi connectivity index (χ0) is 20.9. The third-order valence-electron chi connectivity index (χ3n) is 3.74. The number of rotatable bonds is 12. The molecule has 0 saturated carbocycles. The summed E-state index contributed by atoms with van der Waals surface area (Å²) in [6.07, 6.45) is 2.57. The Kier molecular flexibility index (Phi) is 10.7. The first-order valence-electron chi connectivity index (χ1n) is 8.68. The van der Waals surface area contributed by atoms with Gasteiger partial charge in [-0.2, -0.15) is 11.8 Å². The third kappa shape index (κ3) is 9.38. The molecule has 6 N–H and O–H groups in total. The van der Waals surface area contributed by atoms with Crippen LogP contribution in [0.3, 0.4) is 0 Å². The van der Waals surface area contributed by atoms with Crippen LogP contribution in [-0.4, -0.2) is 66.0 Å². The van der Waals surface area contributed by atoms with E-state index < -0.39 is 42.3 Å². The van der Waals surface area contributed by atoms with Crippen LogP contribution in [-0.2, 0) is 25.6 Å². The van der Waals surface area contributed by atoms with Crippen molar-refractivity contribution in [2.75, 3.05) is 25.1 Å². The summed E-state index contributed by atoms with van der Waals surface area (Å²) in [6.45, 7) is -0.885. The van der Waals surface area contributed by atoms with E-state index in [1.807, 2.05) is 12.3 Å². The fourth-order valence-electron chi connectivity index (χ4n) is 2.26. The van der Waals surface area contributed by atoms with E-state index in [0.29, 0.717) is 6.42 Å². The van der Waals surface area contributed by atoms with E-state index in [9.17, 15) is 19.2 Å². The molecule has 0 aromatic heterocycles. The zero-order valence-corrected chi connectivity index (χ0v) is 16.5. The van der Waals surface area contributed by atoms with Gasteiger partial charge in [0.1, 0.15) is 12.6 Å². The zero-order valence-electron chi connectivity index (χ0n) is 15.6. The number of nitrogens with one attached hydrogen (secondary N) is 3. The van der Waals surface area contributed by atoms with Gasteiger partial charge in [-0.15, -0.1) is 0 Å². The van der Waals surface area contributed by atoms with Crippen LogP contribution >= 0.6 is 11.8 Å². The number of nitrogens with two attached hydrogens (primary N) is 1. The number of hydrogen-bond acceptors (Lipinski definition) is 6. The Morgan fingerprint density at radius 2 is 1.71 bits per heavy atom. The number of carboxylic acids is 1. The Morgan fingerprint density at radius 3 is 2.32 bits per heavy atom. The lowest BCUT2D eigenvalue weighted by atomic mass is 10.1. The predicted molar refractivity (Wildman–Crippen MR) is 107 cm³/mol. The van der Waals surface area contributed by atoms with Crippen LogP contribution in [0.2, 0.25) is 0 Å². The maximum atomic E-state index is 12.3. The molecule has 1 aromatic rings.